The van der Waals surface area contributed by atoms with Crippen molar-refractivity contribution >= 4 is 26.6 Å². The average molecular weight is 502 g/mol. The third-order valence-corrected chi connectivity index (χ3v) is 6.04. The molecule has 0 amide bonds. The number of methoxy groups -OCH3 is 3. The van der Waals surface area contributed by atoms with Gasteiger partial charge in [0.2, 0.25) is 0 Å². The second kappa shape index (κ2) is 9.43. The Morgan fingerprint density at radius 3 is 2.24 bits per heavy atom. The molecule has 182 valence electrons. The predicted octanol–water partition coefficient (Wildman–Crippen LogP) is 3.76. The van der Waals surface area contributed by atoms with Gasteiger partial charge in [-0.15, -0.1) is 0 Å². The van der Waals surface area contributed by atoms with Crippen LogP contribution in [0.15, 0.2) is 42.7 Å². The summed E-state index contributed by atoms with van der Waals surface area (Å²) in [5.74, 6) is -1.95. The number of aromatic nitrogens is 1. The molecule has 0 aliphatic heterocycles. The zero-order chi connectivity index (χ0) is 25.3. The van der Waals surface area contributed by atoms with Gasteiger partial charge in [0, 0.05) is 23.3 Å². The van der Waals surface area contributed by atoms with Crippen LogP contribution < -0.4 is 18.9 Å². The first-order valence-corrected chi connectivity index (χ1v) is 10.9. The normalized spacial score (nSPS) is 12.9. The molecule has 8 nitrogen and oxygen atoms in total. The number of pyridine rings is 1. The highest BCUT2D eigenvalue weighted by molar-refractivity contribution is 7.90. The van der Waals surface area contributed by atoms with E-state index in [-0.39, 0.29) is 28.2 Å². The Labute approximate surface area is 191 Å². The second-order valence-corrected chi connectivity index (χ2v) is 8.57. The lowest BCUT2D eigenvalue weighted by atomic mass is 9.95. The van der Waals surface area contributed by atoms with E-state index in [1.165, 1.54) is 50.4 Å². The Bertz CT molecular complexity index is 1350. The Hall–Kier alpha value is -3.45. The fourth-order valence-electron chi connectivity index (χ4n) is 3.20. The van der Waals surface area contributed by atoms with E-state index in [4.69, 9.17) is 14.2 Å². The molecule has 0 saturated heterocycles. The molecule has 1 N–H and O–H groups in total. The maximum Gasteiger partial charge on any atom is 0.511 e. The molecular weight excluding hydrogens is 484 g/mol. The maximum atomic E-state index is 14.5. The smallest absolute Gasteiger partial charge is 0.497 e. The fraction of sp³-hybridized carbons (Fsp3) is 0.238. The number of alkyl halides is 3. The van der Waals surface area contributed by atoms with Crippen LogP contribution in [0.3, 0.4) is 0 Å². The van der Waals surface area contributed by atoms with Gasteiger partial charge in [-0.2, -0.15) is 17.9 Å². The number of benzene rings is 2. The molecule has 2 aromatic carbocycles. The van der Waals surface area contributed by atoms with E-state index in [1.807, 2.05) is 0 Å². The van der Waals surface area contributed by atoms with E-state index in [9.17, 15) is 30.8 Å². The van der Waals surface area contributed by atoms with Gasteiger partial charge in [-0.1, -0.05) is 0 Å². The number of fused-ring (bicyclic) bond motifs is 1. The zero-order valence-corrected chi connectivity index (χ0v) is 18.8. The molecule has 0 aliphatic carbocycles. The lowest BCUT2D eigenvalue weighted by molar-refractivity contribution is -0.0449. The van der Waals surface area contributed by atoms with Crippen molar-refractivity contribution in [2.45, 2.75) is 11.6 Å². The number of nitrogens with zero attached hydrogens (tertiary/aromatic N) is 1. The highest BCUT2D eigenvalue weighted by atomic mass is 32.2. The van der Waals surface area contributed by atoms with Crippen LogP contribution in [-0.2, 0) is 10.0 Å². The van der Waals surface area contributed by atoms with Gasteiger partial charge < -0.3 is 14.2 Å². The Balaban J connectivity index is 2.29. The molecule has 0 radical (unpaired) electrons. The minimum absolute atomic E-state index is 0.0321. The van der Waals surface area contributed by atoms with Gasteiger partial charge in [0.25, 0.3) is 0 Å². The van der Waals surface area contributed by atoms with Gasteiger partial charge in [0.05, 0.1) is 26.9 Å². The zero-order valence-electron chi connectivity index (χ0n) is 17.9. The first-order valence-electron chi connectivity index (χ1n) is 9.39. The van der Waals surface area contributed by atoms with E-state index in [1.54, 1.807) is 0 Å². The number of ether oxygens (including phenoxy) is 3. The van der Waals surface area contributed by atoms with Gasteiger partial charge in [-0.3, -0.25) is 9.78 Å². The SMILES string of the molecule is COc1ccc(F)c(C(=O)C(NS(=O)(=O)C(F)(F)F)c2cncc3cc(OC)c(OC)cc23)c1. The van der Waals surface area contributed by atoms with Crippen LogP contribution >= 0.6 is 0 Å². The summed E-state index contributed by atoms with van der Waals surface area (Å²) >= 11 is 0. The van der Waals surface area contributed by atoms with E-state index in [0.29, 0.717) is 5.39 Å². The Kier molecular flexibility index (Phi) is 6.98. The van der Waals surface area contributed by atoms with Crippen LogP contribution in [0.25, 0.3) is 10.8 Å². The summed E-state index contributed by atoms with van der Waals surface area (Å²) in [7, 11) is -2.13. The molecule has 0 saturated carbocycles. The number of sulfonamides is 1. The third kappa shape index (κ3) is 4.75. The number of halogens is 4. The minimum atomic E-state index is -6.03. The van der Waals surface area contributed by atoms with Crippen LogP contribution in [0.2, 0.25) is 0 Å². The van der Waals surface area contributed by atoms with Crippen molar-refractivity contribution < 1.29 is 45.0 Å². The van der Waals surface area contributed by atoms with Crippen LogP contribution in [-0.4, -0.2) is 46.0 Å². The molecule has 34 heavy (non-hydrogen) atoms. The summed E-state index contributed by atoms with van der Waals surface area (Å²) in [6.45, 7) is 0. The summed E-state index contributed by atoms with van der Waals surface area (Å²) in [6.07, 6.45) is 2.33. The van der Waals surface area contributed by atoms with Crippen LogP contribution in [0, 0.1) is 5.82 Å². The van der Waals surface area contributed by atoms with Gasteiger partial charge in [-0.05, 0) is 35.7 Å². The molecule has 1 aromatic heterocycles. The third-order valence-electron chi connectivity index (χ3n) is 4.88. The number of carbonyl (C=O) groups excluding carboxylic acids is 1. The van der Waals surface area contributed by atoms with Crippen molar-refractivity contribution in [3.8, 4) is 17.2 Å². The molecule has 1 unspecified atom stereocenters. The highest BCUT2D eigenvalue weighted by Gasteiger charge is 2.48. The van der Waals surface area contributed by atoms with E-state index >= 15 is 0 Å². The topological polar surface area (TPSA) is 104 Å². The standard InChI is InChI=1S/C21H18F4N2O6S/c1-31-12-4-5-16(22)14(7-12)20(28)19(27-34(29,30)21(23,24)25)15-10-26-9-11-6-17(32-2)18(33-3)8-13(11)15/h4-10,19,27H,1-3H3. The molecular formula is C21H18F4N2O6S. The monoisotopic (exact) mass is 502 g/mol. The van der Waals surface area contributed by atoms with Crippen molar-refractivity contribution in [2.24, 2.45) is 0 Å². The number of carbonyl (C=O) groups is 1. The van der Waals surface area contributed by atoms with Crippen molar-refractivity contribution in [2.75, 3.05) is 21.3 Å². The summed E-state index contributed by atoms with van der Waals surface area (Å²) in [4.78, 5) is 17.2. The first kappa shape index (κ1) is 25.2. The van der Waals surface area contributed by atoms with Gasteiger partial charge in [0.1, 0.15) is 17.6 Å². The molecule has 3 rings (SSSR count). The highest BCUT2D eigenvalue weighted by Crippen LogP contribution is 2.37. The molecule has 3 aromatic rings. The van der Waals surface area contributed by atoms with Gasteiger partial charge in [-0.25, -0.2) is 12.8 Å². The summed E-state index contributed by atoms with van der Waals surface area (Å²) < 4.78 is 94.7. The lowest BCUT2D eigenvalue weighted by Gasteiger charge is -2.21. The predicted molar refractivity (Wildman–Crippen MR) is 113 cm³/mol. The van der Waals surface area contributed by atoms with E-state index in [0.717, 1.165) is 18.3 Å². The van der Waals surface area contributed by atoms with Crippen molar-refractivity contribution in [3.63, 3.8) is 0 Å². The summed E-state index contributed by atoms with van der Waals surface area (Å²) in [5.41, 5.74) is -6.69. The quantitative estimate of drug-likeness (QED) is 0.370. The number of rotatable bonds is 8. The van der Waals surface area contributed by atoms with E-state index < -0.39 is 38.7 Å². The number of Topliss-reactive ketones (excluding diaryl/α,β-unsaturated/α-hetero) is 1. The maximum absolute atomic E-state index is 14.5. The largest absolute Gasteiger partial charge is 0.511 e. The average Bonchev–Trinajstić information content (AvgIpc) is 2.80. The van der Waals surface area contributed by atoms with Crippen LogP contribution in [0.1, 0.15) is 22.0 Å². The second-order valence-electron chi connectivity index (χ2n) is 6.87. The number of hydrogen-bond acceptors (Lipinski definition) is 7. The van der Waals surface area contributed by atoms with Crippen molar-refractivity contribution in [3.05, 3.63) is 59.7 Å². The van der Waals surface area contributed by atoms with Crippen LogP contribution in [0.4, 0.5) is 17.6 Å². The molecule has 0 aliphatic rings. The number of ketones is 1. The Morgan fingerprint density at radius 1 is 1.00 bits per heavy atom. The van der Waals surface area contributed by atoms with Gasteiger partial charge >= 0.3 is 15.5 Å². The van der Waals surface area contributed by atoms with Crippen molar-refractivity contribution in [1.29, 1.82) is 0 Å². The molecule has 0 spiro atoms. The Morgan fingerprint density at radius 2 is 1.65 bits per heavy atom. The summed E-state index contributed by atoms with van der Waals surface area (Å²) in [6, 6.07) is 3.61. The fourth-order valence-corrected chi connectivity index (χ4v) is 3.88. The lowest BCUT2D eigenvalue weighted by Crippen LogP contribution is -2.41. The van der Waals surface area contributed by atoms with Crippen molar-refractivity contribution in [1.82, 2.24) is 9.71 Å². The molecule has 1 heterocycles. The molecule has 13 heteroatoms. The number of hydrogen-bond donors (Lipinski definition) is 1. The summed E-state index contributed by atoms with van der Waals surface area (Å²) in [5, 5.41) is 0.421. The molecule has 0 bridgehead atoms. The van der Waals surface area contributed by atoms with Crippen LogP contribution in [0.5, 0.6) is 17.2 Å². The van der Waals surface area contributed by atoms with E-state index in [2.05, 4.69) is 4.98 Å². The first-order chi connectivity index (χ1) is 15.9. The van der Waals surface area contributed by atoms with Gasteiger partial charge in [0.15, 0.2) is 17.3 Å². The minimum Gasteiger partial charge on any atom is -0.497 e. The molecule has 1 atom stereocenters. The number of nitrogens with one attached hydrogen (secondary N) is 1. The molecule has 0 fully saturated rings.